The molecule has 124 valence electrons. The van der Waals surface area contributed by atoms with Gasteiger partial charge in [-0.25, -0.2) is 4.99 Å². The van der Waals surface area contributed by atoms with Gasteiger partial charge in [-0.15, -0.1) is 0 Å². The molecule has 2 heterocycles. The van der Waals surface area contributed by atoms with Crippen molar-refractivity contribution in [1.29, 1.82) is 0 Å². The van der Waals surface area contributed by atoms with Gasteiger partial charge in [0.2, 0.25) is 5.90 Å². The Kier molecular flexibility index (Phi) is 3.97. The van der Waals surface area contributed by atoms with E-state index >= 15 is 0 Å². The quantitative estimate of drug-likeness (QED) is 0.804. The van der Waals surface area contributed by atoms with Gasteiger partial charge in [0.15, 0.2) is 11.6 Å². The molecule has 1 saturated heterocycles. The lowest BCUT2D eigenvalue weighted by Gasteiger charge is -2.32. The Morgan fingerprint density at radius 2 is 1.83 bits per heavy atom. The molecule has 1 aromatic rings. The van der Waals surface area contributed by atoms with Gasteiger partial charge in [0.25, 0.3) is 0 Å². The molecule has 1 aromatic carbocycles. The number of amidine groups is 1. The smallest absolute Gasteiger partial charge is 0.435 e. The number of hydrogen-bond acceptors (Lipinski definition) is 4. The zero-order valence-corrected chi connectivity index (χ0v) is 14.5. The van der Waals surface area contributed by atoms with Crippen LogP contribution in [0.15, 0.2) is 59.4 Å². The van der Waals surface area contributed by atoms with Crippen LogP contribution in [0.3, 0.4) is 0 Å². The van der Waals surface area contributed by atoms with Crippen LogP contribution in [0.1, 0.15) is 33.3 Å². The second-order valence-corrected chi connectivity index (χ2v) is 6.79. The summed E-state index contributed by atoms with van der Waals surface area (Å²) in [6, 6.07) is 7.75. The standard InChI is InChI=1S/C18H21BN2O3/c1-7-20-15-12(2)22-16(21-15)13-9-8-10-14(11-13)19-23-17(3,4)18(5,6)24-19/h7-11H,1-2H2,3-6H3. The van der Waals surface area contributed by atoms with Gasteiger partial charge in [-0.3, -0.25) is 0 Å². The lowest BCUT2D eigenvalue weighted by Crippen LogP contribution is -2.41. The number of aliphatic imine (C=N–C) groups is 2. The van der Waals surface area contributed by atoms with Crippen molar-refractivity contribution < 1.29 is 14.0 Å². The normalized spacial score (nSPS) is 23.3. The van der Waals surface area contributed by atoms with E-state index in [0.29, 0.717) is 17.5 Å². The fourth-order valence-electron chi connectivity index (χ4n) is 2.45. The van der Waals surface area contributed by atoms with Crippen LogP contribution in [0.4, 0.5) is 0 Å². The predicted octanol–water partition coefficient (Wildman–Crippen LogP) is 2.82. The molecule has 0 amide bonds. The first-order chi connectivity index (χ1) is 11.2. The van der Waals surface area contributed by atoms with Gasteiger partial charge in [-0.2, -0.15) is 4.99 Å². The van der Waals surface area contributed by atoms with Crippen LogP contribution in [-0.4, -0.2) is 30.1 Å². The van der Waals surface area contributed by atoms with Crippen molar-refractivity contribution in [1.82, 2.24) is 0 Å². The van der Waals surface area contributed by atoms with Crippen LogP contribution in [0.25, 0.3) is 0 Å². The highest BCUT2D eigenvalue weighted by Gasteiger charge is 2.51. The third-order valence-electron chi connectivity index (χ3n) is 4.55. The van der Waals surface area contributed by atoms with E-state index in [9.17, 15) is 0 Å². The number of benzene rings is 1. The van der Waals surface area contributed by atoms with E-state index in [1.807, 2.05) is 52.0 Å². The van der Waals surface area contributed by atoms with Gasteiger partial charge in [0.05, 0.1) is 11.2 Å². The zero-order chi connectivity index (χ0) is 17.5. The highest BCUT2D eigenvalue weighted by molar-refractivity contribution is 6.62. The van der Waals surface area contributed by atoms with E-state index in [1.54, 1.807) is 0 Å². The van der Waals surface area contributed by atoms with Crippen molar-refractivity contribution in [2.24, 2.45) is 9.98 Å². The van der Waals surface area contributed by atoms with Gasteiger partial charge in [0.1, 0.15) is 0 Å². The third-order valence-corrected chi connectivity index (χ3v) is 4.55. The molecule has 0 spiro atoms. The molecule has 1 fully saturated rings. The first kappa shape index (κ1) is 16.7. The van der Waals surface area contributed by atoms with Gasteiger partial charge >= 0.3 is 7.12 Å². The molecule has 3 rings (SSSR count). The SMILES string of the molecule is C=CN=C1N=C(c2cccc(B3OC(C)(C)C(C)(C)O3)c2)OC1=C. The summed E-state index contributed by atoms with van der Waals surface area (Å²) in [6.45, 7) is 15.5. The lowest BCUT2D eigenvalue weighted by atomic mass is 9.78. The number of ether oxygens (including phenoxy) is 1. The average Bonchev–Trinajstić information content (AvgIpc) is 2.97. The van der Waals surface area contributed by atoms with Crippen molar-refractivity contribution in [3.05, 3.63) is 54.9 Å². The zero-order valence-electron chi connectivity index (χ0n) is 14.5. The van der Waals surface area contributed by atoms with E-state index in [0.717, 1.165) is 11.0 Å². The average molecular weight is 324 g/mol. The fraction of sp³-hybridized carbons (Fsp3) is 0.333. The largest absolute Gasteiger partial charge is 0.494 e. The second-order valence-electron chi connectivity index (χ2n) is 6.79. The van der Waals surface area contributed by atoms with Crippen LogP contribution in [0, 0.1) is 0 Å². The highest BCUT2D eigenvalue weighted by atomic mass is 16.7. The maximum Gasteiger partial charge on any atom is 0.494 e. The van der Waals surface area contributed by atoms with E-state index in [2.05, 4.69) is 23.1 Å². The highest BCUT2D eigenvalue weighted by Crippen LogP contribution is 2.36. The Labute approximate surface area is 142 Å². The summed E-state index contributed by atoms with van der Waals surface area (Å²) >= 11 is 0. The van der Waals surface area contributed by atoms with Crippen LogP contribution in [0.5, 0.6) is 0 Å². The van der Waals surface area contributed by atoms with Crippen LogP contribution in [-0.2, 0) is 14.0 Å². The molecule has 5 nitrogen and oxygen atoms in total. The molecule has 24 heavy (non-hydrogen) atoms. The second kappa shape index (κ2) is 5.72. The van der Waals surface area contributed by atoms with Crippen molar-refractivity contribution in [2.45, 2.75) is 38.9 Å². The molecule has 0 unspecified atom stereocenters. The molecular formula is C18H21BN2O3. The van der Waals surface area contributed by atoms with E-state index in [4.69, 9.17) is 14.0 Å². The summed E-state index contributed by atoms with van der Waals surface area (Å²) in [5.74, 6) is 1.30. The first-order valence-corrected chi connectivity index (χ1v) is 7.84. The molecule has 0 aromatic heterocycles. The topological polar surface area (TPSA) is 52.4 Å². The van der Waals surface area contributed by atoms with Crippen LogP contribution >= 0.6 is 0 Å². The van der Waals surface area contributed by atoms with E-state index in [1.165, 1.54) is 6.20 Å². The van der Waals surface area contributed by atoms with Crippen molar-refractivity contribution >= 4 is 24.3 Å². The first-order valence-electron chi connectivity index (χ1n) is 7.84. The number of nitrogens with zero attached hydrogens (tertiary/aromatic N) is 2. The number of hydrogen-bond donors (Lipinski definition) is 0. The Hall–Kier alpha value is -2.18. The van der Waals surface area contributed by atoms with Crippen LogP contribution in [0.2, 0.25) is 0 Å². The lowest BCUT2D eigenvalue weighted by molar-refractivity contribution is 0.00578. The molecule has 2 aliphatic rings. The Morgan fingerprint density at radius 3 is 2.46 bits per heavy atom. The molecule has 0 radical (unpaired) electrons. The van der Waals surface area contributed by atoms with E-state index < -0.39 is 7.12 Å². The Morgan fingerprint density at radius 1 is 1.17 bits per heavy atom. The van der Waals surface area contributed by atoms with Crippen LogP contribution < -0.4 is 5.46 Å². The summed E-state index contributed by atoms with van der Waals surface area (Å²) in [6.07, 6.45) is 1.41. The summed E-state index contributed by atoms with van der Waals surface area (Å²) in [5, 5.41) is 0. The Bertz CT molecular complexity index is 749. The maximum atomic E-state index is 6.09. The summed E-state index contributed by atoms with van der Waals surface area (Å²) in [5.41, 5.74) is 0.968. The van der Waals surface area contributed by atoms with Gasteiger partial charge in [-0.1, -0.05) is 25.3 Å². The number of rotatable bonds is 3. The molecule has 0 bridgehead atoms. The molecule has 0 atom stereocenters. The summed E-state index contributed by atoms with van der Waals surface area (Å²) in [7, 11) is -0.429. The van der Waals surface area contributed by atoms with Crippen molar-refractivity contribution in [3.8, 4) is 0 Å². The summed E-state index contributed by atoms with van der Waals surface area (Å²) < 4.78 is 17.8. The Balaban J connectivity index is 1.89. The molecule has 2 aliphatic heterocycles. The minimum absolute atomic E-state index is 0.382. The van der Waals surface area contributed by atoms with E-state index in [-0.39, 0.29) is 11.2 Å². The molecule has 0 N–H and O–H groups in total. The molecule has 0 aliphatic carbocycles. The molecule has 6 heteroatoms. The minimum atomic E-state index is -0.429. The fourth-order valence-corrected chi connectivity index (χ4v) is 2.45. The van der Waals surface area contributed by atoms with Gasteiger partial charge in [-0.05, 0) is 45.3 Å². The predicted molar refractivity (Wildman–Crippen MR) is 96.6 cm³/mol. The maximum absolute atomic E-state index is 6.09. The summed E-state index contributed by atoms with van der Waals surface area (Å²) in [4.78, 5) is 8.38. The van der Waals surface area contributed by atoms with Gasteiger partial charge in [0, 0.05) is 11.8 Å². The molecule has 0 saturated carbocycles. The third kappa shape index (κ3) is 2.83. The van der Waals surface area contributed by atoms with Gasteiger partial charge < -0.3 is 14.0 Å². The monoisotopic (exact) mass is 324 g/mol. The van der Waals surface area contributed by atoms with Crippen molar-refractivity contribution in [3.63, 3.8) is 0 Å². The minimum Gasteiger partial charge on any atom is -0.435 e. The van der Waals surface area contributed by atoms with Crippen molar-refractivity contribution in [2.75, 3.05) is 0 Å². The molecular weight excluding hydrogens is 303 g/mol.